The van der Waals surface area contributed by atoms with E-state index in [9.17, 15) is 14.9 Å². The molecule has 7 nitrogen and oxygen atoms in total. The summed E-state index contributed by atoms with van der Waals surface area (Å²) in [7, 11) is 0. The minimum atomic E-state index is -0.479. The second-order valence-corrected chi connectivity index (χ2v) is 6.94. The molecule has 0 fully saturated rings. The summed E-state index contributed by atoms with van der Waals surface area (Å²) < 4.78 is 5.05. The molecule has 0 bridgehead atoms. The number of non-ortho nitro benzene ring substituents is 1. The standard InChI is InChI=1S/C19H15Cl2N3O4/c1-11-8-19(23-28-11)22-17(12-2-5-14(6-3-12)24(26)27)10-18(25)13-4-7-15(20)16(21)9-13/h2-9,17H,10H2,1H3,(H,22,23). The molecule has 0 amide bonds. The van der Waals surface area contributed by atoms with Crippen LogP contribution in [0, 0.1) is 17.0 Å². The maximum atomic E-state index is 12.8. The van der Waals surface area contributed by atoms with Crippen molar-refractivity contribution in [2.75, 3.05) is 5.32 Å². The van der Waals surface area contributed by atoms with Gasteiger partial charge in [0.1, 0.15) is 5.76 Å². The fourth-order valence-corrected chi connectivity index (χ4v) is 2.96. The molecule has 1 atom stereocenters. The van der Waals surface area contributed by atoms with Gasteiger partial charge in [-0.1, -0.05) is 40.5 Å². The number of nitro groups is 1. The Balaban J connectivity index is 1.87. The molecule has 0 spiro atoms. The van der Waals surface area contributed by atoms with Gasteiger partial charge in [0.05, 0.1) is 21.0 Å². The molecule has 3 aromatic rings. The van der Waals surface area contributed by atoms with Gasteiger partial charge >= 0.3 is 0 Å². The molecule has 1 N–H and O–H groups in total. The van der Waals surface area contributed by atoms with Crippen molar-refractivity contribution in [3.8, 4) is 0 Å². The lowest BCUT2D eigenvalue weighted by Gasteiger charge is -2.18. The zero-order valence-electron chi connectivity index (χ0n) is 14.7. The summed E-state index contributed by atoms with van der Waals surface area (Å²) in [6, 6.07) is 11.9. The predicted molar refractivity (Wildman–Crippen MR) is 106 cm³/mol. The average molecular weight is 420 g/mol. The first-order chi connectivity index (χ1) is 13.3. The number of nitrogens with one attached hydrogen (secondary N) is 1. The first-order valence-corrected chi connectivity index (χ1v) is 9.01. The number of benzene rings is 2. The zero-order chi connectivity index (χ0) is 20.3. The normalized spacial score (nSPS) is 11.8. The van der Waals surface area contributed by atoms with Gasteiger partial charge in [-0.15, -0.1) is 0 Å². The Hall–Kier alpha value is -2.90. The SMILES string of the molecule is Cc1cc(NC(CC(=O)c2ccc(Cl)c(Cl)c2)c2ccc([N+](=O)[O-])cc2)no1. The quantitative estimate of drug-likeness (QED) is 0.302. The van der Waals surface area contributed by atoms with E-state index in [1.54, 1.807) is 37.3 Å². The highest BCUT2D eigenvalue weighted by Crippen LogP contribution is 2.28. The molecule has 28 heavy (non-hydrogen) atoms. The summed E-state index contributed by atoms with van der Waals surface area (Å²) >= 11 is 11.9. The van der Waals surface area contributed by atoms with E-state index in [1.165, 1.54) is 18.2 Å². The number of ketones is 1. The van der Waals surface area contributed by atoms with Crippen LogP contribution in [0.1, 0.15) is 34.1 Å². The van der Waals surface area contributed by atoms with Crippen LogP contribution >= 0.6 is 23.2 Å². The van der Waals surface area contributed by atoms with Crippen molar-refractivity contribution in [1.29, 1.82) is 0 Å². The Labute approximate surface area is 170 Å². The summed E-state index contributed by atoms with van der Waals surface area (Å²) in [6.45, 7) is 1.75. The molecule has 1 heterocycles. The van der Waals surface area contributed by atoms with Crippen molar-refractivity contribution in [1.82, 2.24) is 5.16 Å². The fourth-order valence-electron chi connectivity index (χ4n) is 2.67. The Morgan fingerprint density at radius 3 is 2.46 bits per heavy atom. The Kier molecular flexibility index (Phi) is 5.96. The van der Waals surface area contributed by atoms with Crippen LogP contribution in [0.3, 0.4) is 0 Å². The van der Waals surface area contributed by atoms with Crippen LogP contribution in [-0.4, -0.2) is 15.9 Å². The summed E-state index contributed by atoms with van der Waals surface area (Å²) in [4.78, 5) is 23.2. The summed E-state index contributed by atoms with van der Waals surface area (Å²) in [5, 5.41) is 18.6. The van der Waals surface area contributed by atoms with Gasteiger partial charge in [-0.3, -0.25) is 14.9 Å². The summed E-state index contributed by atoms with van der Waals surface area (Å²) in [5.41, 5.74) is 1.08. The molecule has 0 aliphatic carbocycles. The first-order valence-electron chi connectivity index (χ1n) is 8.26. The molecule has 0 radical (unpaired) electrons. The van der Waals surface area contributed by atoms with Gasteiger partial charge in [0.2, 0.25) is 0 Å². The van der Waals surface area contributed by atoms with Crippen molar-refractivity contribution < 1.29 is 14.2 Å². The van der Waals surface area contributed by atoms with Gasteiger partial charge in [-0.25, -0.2) is 0 Å². The minimum Gasteiger partial charge on any atom is -0.360 e. The van der Waals surface area contributed by atoms with Crippen LogP contribution in [0.15, 0.2) is 53.1 Å². The molecule has 0 saturated heterocycles. The van der Waals surface area contributed by atoms with Gasteiger partial charge in [-0.05, 0) is 30.7 Å². The number of hydrogen-bond acceptors (Lipinski definition) is 6. The highest BCUT2D eigenvalue weighted by molar-refractivity contribution is 6.42. The Bertz CT molecular complexity index is 1020. The maximum absolute atomic E-state index is 12.8. The van der Waals surface area contributed by atoms with Crippen molar-refractivity contribution in [3.05, 3.63) is 85.6 Å². The summed E-state index contributed by atoms with van der Waals surface area (Å²) in [5.74, 6) is 0.901. The number of Topliss-reactive ketones (excluding diaryl/α,β-unsaturated/α-hetero) is 1. The van der Waals surface area contributed by atoms with E-state index in [1.807, 2.05) is 0 Å². The highest BCUT2D eigenvalue weighted by atomic mass is 35.5. The van der Waals surface area contributed by atoms with Crippen LogP contribution in [0.4, 0.5) is 11.5 Å². The van der Waals surface area contributed by atoms with Crippen molar-refractivity contribution in [2.45, 2.75) is 19.4 Å². The van der Waals surface area contributed by atoms with Crippen LogP contribution in [0.5, 0.6) is 0 Å². The van der Waals surface area contributed by atoms with Crippen molar-refractivity contribution in [2.24, 2.45) is 0 Å². The third kappa shape index (κ3) is 4.68. The number of aryl methyl sites for hydroxylation is 1. The van der Waals surface area contributed by atoms with Gasteiger partial charge in [-0.2, -0.15) is 0 Å². The first kappa shape index (κ1) is 19.9. The number of hydrogen-bond donors (Lipinski definition) is 1. The molecular weight excluding hydrogens is 405 g/mol. The number of anilines is 1. The zero-order valence-corrected chi connectivity index (χ0v) is 16.2. The molecule has 0 aliphatic heterocycles. The molecule has 0 saturated carbocycles. The average Bonchev–Trinajstić information content (AvgIpc) is 3.08. The fraction of sp³-hybridized carbons (Fsp3) is 0.158. The molecule has 2 aromatic carbocycles. The van der Waals surface area contributed by atoms with Crippen molar-refractivity contribution >= 4 is 40.5 Å². The number of rotatable bonds is 7. The van der Waals surface area contributed by atoms with Crippen LogP contribution in [-0.2, 0) is 0 Å². The molecule has 1 unspecified atom stereocenters. The molecule has 144 valence electrons. The molecule has 0 aliphatic rings. The van der Waals surface area contributed by atoms with Crippen LogP contribution in [0.2, 0.25) is 10.0 Å². The van der Waals surface area contributed by atoms with Gasteiger partial charge in [0.25, 0.3) is 5.69 Å². The monoisotopic (exact) mass is 419 g/mol. The largest absolute Gasteiger partial charge is 0.360 e. The second kappa shape index (κ2) is 8.41. The topological polar surface area (TPSA) is 98.3 Å². The molecule has 1 aromatic heterocycles. The van der Waals surface area contributed by atoms with E-state index >= 15 is 0 Å². The van der Waals surface area contributed by atoms with Crippen molar-refractivity contribution in [3.63, 3.8) is 0 Å². The number of nitro benzene ring substituents is 1. The Morgan fingerprint density at radius 2 is 1.89 bits per heavy atom. The highest BCUT2D eigenvalue weighted by Gasteiger charge is 2.20. The second-order valence-electron chi connectivity index (χ2n) is 6.12. The number of aromatic nitrogens is 1. The van der Waals surface area contributed by atoms with E-state index in [2.05, 4.69) is 10.5 Å². The van der Waals surface area contributed by atoms with Gasteiger partial charge < -0.3 is 9.84 Å². The van der Waals surface area contributed by atoms with E-state index in [0.717, 1.165) is 0 Å². The third-order valence-corrected chi connectivity index (χ3v) is 4.83. The van der Waals surface area contributed by atoms with E-state index in [4.69, 9.17) is 27.7 Å². The Morgan fingerprint density at radius 1 is 1.18 bits per heavy atom. The molecular formula is C19H15Cl2N3O4. The number of nitrogens with zero attached hydrogens (tertiary/aromatic N) is 2. The van der Waals surface area contributed by atoms with E-state index < -0.39 is 11.0 Å². The van der Waals surface area contributed by atoms with E-state index in [0.29, 0.717) is 32.8 Å². The van der Waals surface area contributed by atoms with E-state index in [-0.39, 0.29) is 17.9 Å². The molecule has 9 heteroatoms. The van der Waals surface area contributed by atoms with Gasteiger partial charge in [0.15, 0.2) is 11.6 Å². The smallest absolute Gasteiger partial charge is 0.269 e. The number of carbonyl (C=O) groups is 1. The lowest BCUT2D eigenvalue weighted by atomic mass is 9.97. The van der Waals surface area contributed by atoms with Gasteiger partial charge in [0, 0.05) is 30.2 Å². The third-order valence-electron chi connectivity index (χ3n) is 4.09. The van der Waals surface area contributed by atoms with Crippen LogP contribution < -0.4 is 5.32 Å². The predicted octanol–water partition coefficient (Wildman–Crippen LogP) is 5.62. The summed E-state index contributed by atoms with van der Waals surface area (Å²) in [6.07, 6.45) is 0.0711. The van der Waals surface area contributed by atoms with Crippen LogP contribution in [0.25, 0.3) is 0 Å². The lowest BCUT2D eigenvalue weighted by molar-refractivity contribution is -0.384. The molecule has 3 rings (SSSR count). The lowest BCUT2D eigenvalue weighted by Crippen LogP contribution is -2.16. The maximum Gasteiger partial charge on any atom is 0.269 e. The minimum absolute atomic E-state index is 0.0319. The number of carbonyl (C=O) groups excluding carboxylic acids is 1. The number of halogens is 2.